The fraction of sp³-hybridized carbons (Fsp3) is 0.667. The van der Waals surface area contributed by atoms with E-state index in [9.17, 15) is 0 Å². The average molecular weight is 313 g/mol. The van der Waals surface area contributed by atoms with Gasteiger partial charge in [-0.3, -0.25) is 4.98 Å². The monoisotopic (exact) mass is 312 g/mol. The summed E-state index contributed by atoms with van der Waals surface area (Å²) < 4.78 is 1.06. The van der Waals surface area contributed by atoms with Gasteiger partial charge in [0.15, 0.2) is 0 Å². The molecule has 1 heterocycles. The lowest BCUT2D eigenvalue weighted by Gasteiger charge is -2.28. The molecule has 0 aromatic carbocycles. The summed E-state index contributed by atoms with van der Waals surface area (Å²) >= 11 is 3.47. The number of aromatic nitrogens is 1. The summed E-state index contributed by atoms with van der Waals surface area (Å²) in [6.07, 6.45) is 6.02. The van der Waals surface area contributed by atoms with Gasteiger partial charge in [0.25, 0.3) is 0 Å². The number of hydrogen-bond acceptors (Lipinski definition) is 2. The Kier molecular flexibility index (Phi) is 5.35. The van der Waals surface area contributed by atoms with Gasteiger partial charge in [0, 0.05) is 22.4 Å². The molecule has 3 heteroatoms. The first-order valence-electron chi connectivity index (χ1n) is 6.52. The summed E-state index contributed by atoms with van der Waals surface area (Å²) in [5.41, 5.74) is 1.79. The molecule has 0 fully saturated rings. The van der Waals surface area contributed by atoms with Gasteiger partial charge in [0.2, 0.25) is 0 Å². The Morgan fingerprint density at radius 3 is 2.39 bits per heavy atom. The highest BCUT2D eigenvalue weighted by molar-refractivity contribution is 9.10. The van der Waals surface area contributed by atoms with Crippen LogP contribution in [0.15, 0.2) is 22.9 Å². The van der Waals surface area contributed by atoms with E-state index in [1.54, 1.807) is 0 Å². The summed E-state index contributed by atoms with van der Waals surface area (Å²) in [5.74, 6) is 0. The van der Waals surface area contributed by atoms with Crippen molar-refractivity contribution in [2.75, 3.05) is 6.54 Å². The van der Waals surface area contributed by atoms with Crippen molar-refractivity contribution in [3.8, 4) is 0 Å². The van der Waals surface area contributed by atoms with E-state index >= 15 is 0 Å². The van der Waals surface area contributed by atoms with Crippen LogP contribution in [0.3, 0.4) is 0 Å². The Morgan fingerprint density at radius 1 is 1.17 bits per heavy atom. The predicted octanol–water partition coefficient (Wildman–Crippen LogP) is 4.19. The molecule has 0 radical (unpaired) electrons. The van der Waals surface area contributed by atoms with E-state index in [1.165, 1.54) is 5.56 Å². The van der Waals surface area contributed by atoms with E-state index in [0.717, 1.165) is 23.9 Å². The second-order valence-corrected chi connectivity index (χ2v) is 7.69. The molecule has 0 aliphatic carbocycles. The molecule has 0 saturated heterocycles. The molecule has 1 rings (SSSR count). The molecule has 18 heavy (non-hydrogen) atoms. The van der Waals surface area contributed by atoms with Crippen LogP contribution in [0.25, 0.3) is 0 Å². The normalized spacial score (nSPS) is 12.8. The first-order valence-corrected chi connectivity index (χ1v) is 7.32. The van der Waals surface area contributed by atoms with Crippen molar-refractivity contribution in [3.63, 3.8) is 0 Å². The Labute approximate surface area is 120 Å². The van der Waals surface area contributed by atoms with Crippen LogP contribution < -0.4 is 5.32 Å². The van der Waals surface area contributed by atoms with E-state index < -0.39 is 0 Å². The molecule has 0 aliphatic heterocycles. The maximum Gasteiger partial charge on any atom is 0.0410 e. The van der Waals surface area contributed by atoms with Crippen LogP contribution in [-0.4, -0.2) is 17.1 Å². The Hall–Kier alpha value is -0.410. The van der Waals surface area contributed by atoms with Crippen LogP contribution in [-0.2, 0) is 6.42 Å². The van der Waals surface area contributed by atoms with Crippen molar-refractivity contribution in [3.05, 3.63) is 28.5 Å². The minimum absolute atomic E-state index is 0.202. The van der Waals surface area contributed by atoms with E-state index in [2.05, 4.69) is 66.9 Å². The summed E-state index contributed by atoms with van der Waals surface area (Å²) in [6.45, 7) is 12.3. The van der Waals surface area contributed by atoms with Crippen molar-refractivity contribution in [1.82, 2.24) is 10.3 Å². The summed E-state index contributed by atoms with van der Waals surface area (Å²) in [5, 5.41) is 3.55. The minimum atomic E-state index is 0.202. The van der Waals surface area contributed by atoms with Crippen molar-refractivity contribution >= 4 is 15.9 Å². The van der Waals surface area contributed by atoms with Crippen LogP contribution in [0, 0.1) is 5.41 Å². The van der Waals surface area contributed by atoms with E-state index in [4.69, 9.17) is 0 Å². The minimum Gasteiger partial charge on any atom is -0.312 e. The molecule has 0 saturated carbocycles. The molecular weight excluding hydrogens is 288 g/mol. The summed E-state index contributed by atoms with van der Waals surface area (Å²) in [4.78, 5) is 4.23. The number of hydrogen-bond donors (Lipinski definition) is 1. The van der Waals surface area contributed by atoms with Gasteiger partial charge in [-0.2, -0.15) is 0 Å². The molecule has 0 spiro atoms. The molecule has 2 nitrogen and oxygen atoms in total. The van der Waals surface area contributed by atoms with Gasteiger partial charge in [0.1, 0.15) is 0 Å². The standard InChI is InChI=1S/C15H25BrN2/c1-14(2,3)18-7-6-15(4,5)9-12-8-13(16)11-17-10-12/h8,10-11,18H,6-7,9H2,1-5H3. The molecule has 1 aromatic rings. The van der Waals surface area contributed by atoms with Gasteiger partial charge >= 0.3 is 0 Å². The number of nitrogens with zero attached hydrogens (tertiary/aromatic N) is 1. The SMILES string of the molecule is CC(C)(CCNC(C)(C)C)Cc1cncc(Br)c1. The number of nitrogens with one attached hydrogen (secondary N) is 1. The van der Waals surface area contributed by atoms with Crippen LogP contribution in [0.1, 0.15) is 46.6 Å². The van der Waals surface area contributed by atoms with Crippen molar-refractivity contribution in [1.29, 1.82) is 0 Å². The highest BCUT2D eigenvalue weighted by atomic mass is 79.9. The van der Waals surface area contributed by atoms with Crippen LogP contribution in [0.4, 0.5) is 0 Å². The third-order valence-corrected chi connectivity index (χ3v) is 3.33. The second kappa shape index (κ2) is 6.16. The highest BCUT2D eigenvalue weighted by Gasteiger charge is 2.19. The summed E-state index contributed by atoms with van der Waals surface area (Å²) in [7, 11) is 0. The quantitative estimate of drug-likeness (QED) is 0.881. The number of halogens is 1. The molecular formula is C15H25BrN2. The van der Waals surface area contributed by atoms with E-state index in [-0.39, 0.29) is 5.54 Å². The largest absolute Gasteiger partial charge is 0.312 e. The van der Waals surface area contributed by atoms with Gasteiger partial charge in [-0.15, -0.1) is 0 Å². The third kappa shape index (κ3) is 6.50. The zero-order valence-corrected chi connectivity index (χ0v) is 13.8. The lowest BCUT2D eigenvalue weighted by atomic mass is 9.83. The van der Waals surface area contributed by atoms with Gasteiger partial charge in [0.05, 0.1) is 0 Å². The first-order chi connectivity index (χ1) is 8.18. The number of pyridine rings is 1. The lowest BCUT2D eigenvalue weighted by molar-refractivity contribution is 0.302. The molecule has 1 aromatic heterocycles. The molecule has 0 bridgehead atoms. The van der Waals surface area contributed by atoms with Crippen LogP contribution in [0.2, 0.25) is 0 Å². The number of rotatable bonds is 5. The van der Waals surface area contributed by atoms with Crippen molar-refractivity contribution < 1.29 is 0 Å². The zero-order chi connectivity index (χ0) is 13.8. The van der Waals surface area contributed by atoms with Gasteiger partial charge in [-0.25, -0.2) is 0 Å². The fourth-order valence-electron chi connectivity index (χ4n) is 1.97. The lowest BCUT2D eigenvalue weighted by Crippen LogP contribution is -2.38. The van der Waals surface area contributed by atoms with Gasteiger partial charge in [-0.05, 0) is 73.1 Å². The molecule has 102 valence electrons. The van der Waals surface area contributed by atoms with Gasteiger partial charge in [-0.1, -0.05) is 13.8 Å². The van der Waals surface area contributed by atoms with E-state index in [1.807, 2.05) is 12.4 Å². The molecule has 0 aliphatic rings. The molecule has 1 N–H and O–H groups in total. The first kappa shape index (κ1) is 15.6. The maximum atomic E-state index is 4.23. The van der Waals surface area contributed by atoms with Crippen LogP contribution >= 0.6 is 15.9 Å². The smallest absolute Gasteiger partial charge is 0.0410 e. The average Bonchev–Trinajstić information content (AvgIpc) is 2.13. The molecule has 0 amide bonds. The maximum absolute atomic E-state index is 4.23. The summed E-state index contributed by atoms with van der Waals surface area (Å²) in [6, 6.07) is 2.16. The van der Waals surface area contributed by atoms with Crippen molar-refractivity contribution in [2.24, 2.45) is 5.41 Å². The fourth-order valence-corrected chi connectivity index (χ4v) is 2.38. The molecule has 0 unspecified atom stereocenters. The molecule has 0 atom stereocenters. The second-order valence-electron chi connectivity index (χ2n) is 6.78. The topological polar surface area (TPSA) is 24.9 Å². The van der Waals surface area contributed by atoms with Crippen molar-refractivity contribution in [2.45, 2.75) is 53.0 Å². The van der Waals surface area contributed by atoms with E-state index in [0.29, 0.717) is 5.41 Å². The predicted molar refractivity (Wildman–Crippen MR) is 81.8 cm³/mol. The zero-order valence-electron chi connectivity index (χ0n) is 12.2. The Bertz CT molecular complexity index is 380. The Morgan fingerprint density at radius 2 is 1.83 bits per heavy atom. The van der Waals surface area contributed by atoms with Crippen LogP contribution in [0.5, 0.6) is 0 Å². The van der Waals surface area contributed by atoms with Gasteiger partial charge < -0.3 is 5.32 Å². The third-order valence-electron chi connectivity index (χ3n) is 2.90. The highest BCUT2D eigenvalue weighted by Crippen LogP contribution is 2.26. The Balaban J connectivity index is 2.49.